The van der Waals surface area contributed by atoms with Crippen molar-refractivity contribution in [2.45, 2.75) is 32.1 Å². The molecule has 0 aliphatic carbocycles. The van der Waals surface area contributed by atoms with E-state index in [-0.39, 0.29) is 0 Å². The predicted octanol–water partition coefficient (Wildman–Crippen LogP) is 1.52. The summed E-state index contributed by atoms with van der Waals surface area (Å²) in [5.74, 6) is 1.77. The Morgan fingerprint density at radius 1 is 1.53 bits per heavy atom. The van der Waals surface area contributed by atoms with Crippen molar-refractivity contribution in [3.05, 3.63) is 17.6 Å². The van der Waals surface area contributed by atoms with Crippen molar-refractivity contribution >= 4 is 5.82 Å². The second kappa shape index (κ2) is 4.57. The van der Waals surface area contributed by atoms with Gasteiger partial charge in [-0.15, -0.1) is 0 Å². The number of ether oxygens (including phenoxy) is 1. The molecule has 1 fully saturated rings. The highest BCUT2D eigenvalue weighted by molar-refractivity contribution is 5.30. The third-order valence-corrected chi connectivity index (χ3v) is 2.62. The van der Waals surface area contributed by atoms with Crippen LogP contribution in [0.25, 0.3) is 0 Å². The third kappa shape index (κ3) is 2.45. The Morgan fingerprint density at radius 3 is 3.07 bits per heavy atom. The molecule has 0 saturated carbocycles. The summed E-state index contributed by atoms with van der Waals surface area (Å²) in [5.41, 5.74) is 6.81. The van der Waals surface area contributed by atoms with Gasteiger partial charge in [-0.3, -0.25) is 0 Å². The Bertz CT molecular complexity index is 335. The van der Waals surface area contributed by atoms with E-state index in [0.717, 1.165) is 44.0 Å². The first kappa shape index (κ1) is 10.4. The van der Waals surface area contributed by atoms with E-state index >= 15 is 0 Å². The number of aromatic nitrogens is 2. The lowest BCUT2D eigenvalue weighted by Crippen LogP contribution is -2.08. The second-order valence-corrected chi connectivity index (χ2v) is 3.95. The SMILES string of the molecule is CCCc1cc(N)nc(C2CCOC2)n1. The minimum atomic E-state index is 0.337. The largest absolute Gasteiger partial charge is 0.384 e. The Kier molecular flexibility index (Phi) is 3.16. The van der Waals surface area contributed by atoms with Crippen LogP contribution in [0, 0.1) is 0 Å². The molecule has 0 radical (unpaired) electrons. The maximum absolute atomic E-state index is 5.77. The zero-order valence-electron chi connectivity index (χ0n) is 9.07. The fourth-order valence-electron chi connectivity index (χ4n) is 1.84. The van der Waals surface area contributed by atoms with E-state index in [4.69, 9.17) is 10.5 Å². The monoisotopic (exact) mass is 207 g/mol. The van der Waals surface area contributed by atoms with Gasteiger partial charge >= 0.3 is 0 Å². The number of hydrogen-bond acceptors (Lipinski definition) is 4. The lowest BCUT2D eigenvalue weighted by atomic mass is 10.1. The van der Waals surface area contributed by atoms with Gasteiger partial charge in [0.25, 0.3) is 0 Å². The van der Waals surface area contributed by atoms with Crippen LogP contribution in [-0.4, -0.2) is 23.2 Å². The van der Waals surface area contributed by atoms with Crippen LogP contribution in [0.15, 0.2) is 6.07 Å². The first-order valence-corrected chi connectivity index (χ1v) is 5.50. The fraction of sp³-hybridized carbons (Fsp3) is 0.636. The number of nitrogens with zero attached hydrogens (tertiary/aromatic N) is 2. The standard InChI is InChI=1S/C11H17N3O/c1-2-3-9-6-10(12)14-11(13-9)8-4-5-15-7-8/h6,8H,2-5,7H2,1H3,(H2,12,13,14). The topological polar surface area (TPSA) is 61.0 Å². The van der Waals surface area contributed by atoms with Crippen LogP contribution in [0.3, 0.4) is 0 Å². The molecule has 1 aliphatic rings. The zero-order valence-corrected chi connectivity index (χ0v) is 9.07. The maximum Gasteiger partial charge on any atom is 0.136 e. The van der Waals surface area contributed by atoms with Crippen LogP contribution in [0.1, 0.15) is 37.2 Å². The van der Waals surface area contributed by atoms with Crippen LogP contribution in [-0.2, 0) is 11.2 Å². The molecule has 2 heterocycles. The highest BCUT2D eigenvalue weighted by Gasteiger charge is 2.21. The smallest absolute Gasteiger partial charge is 0.136 e. The quantitative estimate of drug-likeness (QED) is 0.816. The summed E-state index contributed by atoms with van der Waals surface area (Å²) >= 11 is 0. The fourth-order valence-corrected chi connectivity index (χ4v) is 1.84. The maximum atomic E-state index is 5.77. The van der Waals surface area contributed by atoms with Gasteiger partial charge in [-0.1, -0.05) is 13.3 Å². The molecule has 0 bridgehead atoms. The van der Waals surface area contributed by atoms with E-state index in [1.54, 1.807) is 0 Å². The molecule has 2 N–H and O–H groups in total. The normalized spacial score (nSPS) is 20.7. The van der Waals surface area contributed by atoms with Crippen LogP contribution < -0.4 is 5.73 Å². The van der Waals surface area contributed by atoms with Crippen molar-refractivity contribution in [2.24, 2.45) is 0 Å². The summed E-state index contributed by atoms with van der Waals surface area (Å²) < 4.78 is 5.33. The Labute approximate surface area is 89.9 Å². The van der Waals surface area contributed by atoms with Crippen molar-refractivity contribution in [2.75, 3.05) is 18.9 Å². The van der Waals surface area contributed by atoms with E-state index in [2.05, 4.69) is 16.9 Å². The van der Waals surface area contributed by atoms with Crippen molar-refractivity contribution in [1.82, 2.24) is 9.97 Å². The first-order valence-electron chi connectivity index (χ1n) is 5.50. The van der Waals surface area contributed by atoms with Gasteiger partial charge in [-0.25, -0.2) is 9.97 Å². The van der Waals surface area contributed by atoms with E-state index in [1.165, 1.54) is 0 Å². The lowest BCUT2D eigenvalue weighted by Gasteiger charge is -2.08. The minimum Gasteiger partial charge on any atom is -0.384 e. The number of anilines is 1. The van der Waals surface area contributed by atoms with Crippen LogP contribution in [0.5, 0.6) is 0 Å². The number of aryl methyl sites for hydroxylation is 1. The molecule has 15 heavy (non-hydrogen) atoms. The summed E-state index contributed by atoms with van der Waals surface area (Å²) in [6, 6.07) is 1.86. The zero-order chi connectivity index (χ0) is 10.7. The van der Waals surface area contributed by atoms with E-state index < -0.39 is 0 Å². The Hall–Kier alpha value is -1.16. The van der Waals surface area contributed by atoms with Gasteiger partial charge < -0.3 is 10.5 Å². The summed E-state index contributed by atoms with van der Waals surface area (Å²) in [6.45, 7) is 3.68. The minimum absolute atomic E-state index is 0.337. The molecule has 2 rings (SSSR count). The highest BCUT2D eigenvalue weighted by atomic mass is 16.5. The average molecular weight is 207 g/mol. The molecule has 82 valence electrons. The number of nitrogen functional groups attached to an aromatic ring is 1. The summed E-state index contributed by atoms with van der Waals surface area (Å²) in [7, 11) is 0. The highest BCUT2D eigenvalue weighted by Crippen LogP contribution is 2.23. The van der Waals surface area contributed by atoms with Gasteiger partial charge in [-0.05, 0) is 12.8 Å². The number of hydrogen-bond donors (Lipinski definition) is 1. The van der Waals surface area contributed by atoms with Crippen molar-refractivity contribution < 1.29 is 4.74 Å². The van der Waals surface area contributed by atoms with Gasteiger partial charge in [0.1, 0.15) is 11.6 Å². The molecule has 4 nitrogen and oxygen atoms in total. The summed E-state index contributed by atoms with van der Waals surface area (Å²) in [6.07, 6.45) is 3.05. The van der Waals surface area contributed by atoms with Gasteiger partial charge in [-0.2, -0.15) is 0 Å². The molecule has 4 heteroatoms. The molecular weight excluding hydrogens is 190 g/mol. The second-order valence-electron chi connectivity index (χ2n) is 3.95. The van der Waals surface area contributed by atoms with Gasteiger partial charge in [0.15, 0.2) is 0 Å². The van der Waals surface area contributed by atoms with E-state index in [0.29, 0.717) is 11.7 Å². The lowest BCUT2D eigenvalue weighted by molar-refractivity contribution is 0.193. The van der Waals surface area contributed by atoms with Crippen molar-refractivity contribution in [1.29, 1.82) is 0 Å². The molecule has 0 aromatic carbocycles. The molecule has 1 unspecified atom stereocenters. The van der Waals surface area contributed by atoms with E-state index in [1.807, 2.05) is 6.07 Å². The molecular formula is C11H17N3O. The Balaban J connectivity index is 2.22. The number of rotatable bonds is 3. The molecule has 1 aromatic rings. The van der Waals surface area contributed by atoms with Crippen molar-refractivity contribution in [3.63, 3.8) is 0 Å². The Morgan fingerprint density at radius 2 is 2.40 bits per heavy atom. The third-order valence-electron chi connectivity index (χ3n) is 2.62. The van der Waals surface area contributed by atoms with Gasteiger partial charge in [0, 0.05) is 24.3 Å². The molecule has 0 spiro atoms. The molecule has 1 atom stereocenters. The molecule has 1 aromatic heterocycles. The predicted molar refractivity (Wildman–Crippen MR) is 58.6 cm³/mol. The average Bonchev–Trinajstić information content (AvgIpc) is 2.70. The van der Waals surface area contributed by atoms with Gasteiger partial charge in [0.2, 0.25) is 0 Å². The van der Waals surface area contributed by atoms with Crippen LogP contribution >= 0.6 is 0 Å². The summed E-state index contributed by atoms with van der Waals surface area (Å²) in [5, 5.41) is 0. The molecule has 1 saturated heterocycles. The van der Waals surface area contributed by atoms with E-state index in [9.17, 15) is 0 Å². The first-order chi connectivity index (χ1) is 7.29. The summed E-state index contributed by atoms with van der Waals surface area (Å²) in [4.78, 5) is 8.82. The van der Waals surface area contributed by atoms with Crippen LogP contribution in [0.4, 0.5) is 5.82 Å². The van der Waals surface area contributed by atoms with Crippen LogP contribution in [0.2, 0.25) is 0 Å². The molecule has 1 aliphatic heterocycles. The van der Waals surface area contributed by atoms with Crippen molar-refractivity contribution in [3.8, 4) is 0 Å². The molecule has 0 amide bonds. The number of nitrogens with two attached hydrogens (primary N) is 1. The van der Waals surface area contributed by atoms with Gasteiger partial charge in [0.05, 0.1) is 6.61 Å².